The summed E-state index contributed by atoms with van der Waals surface area (Å²) in [5.74, 6) is -0.557. The number of halogens is 2. The Morgan fingerprint density at radius 2 is 1.94 bits per heavy atom. The normalized spacial score (nSPS) is 15.3. The minimum Gasteiger partial charge on any atom is -0.465 e. The second-order valence-corrected chi connectivity index (χ2v) is 8.79. The number of amides is 1. The molecule has 0 spiro atoms. The van der Waals surface area contributed by atoms with Gasteiger partial charge in [0.2, 0.25) is 5.91 Å². The summed E-state index contributed by atoms with van der Waals surface area (Å²) in [6.07, 6.45) is 2.44. The fraction of sp³-hybridized carbons (Fsp3) is 0.385. The monoisotopic (exact) mass is 470 g/mol. The van der Waals surface area contributed by atoms with E-state index < -0.39 is 0 Å². The number of esters is 1. The van der Waals surface area contributed by atoms with Crippen LogP contribution in [0.3, 0.4) is 0 Å². The molecule has 0 bridgehead atoms. The minimum absolute atomic E-state index is 0.0206. The van der Waals surface area contributed by atoms with E-state index >= 15 is 0 Å². The topological polar surface area (TPSA) is 51.5 Å². The SMILES string of the molecule is CCOC(=O)Cn1c2c(c3cc(F)ccc31)C[C@@H](N(CC)C(=O)Cc1ccc(Cl)cc1)CC2. The molecule has 0 N–H and O–H groups in total. The molecule has 0 fully saturated rings. The fourth-order valence-electron chi connectivity index (χ4n) is 4.90. The van der Waals surface area contributed by atoms with Crippen molar-refractivity contribution in [3.8, 4) is 0 Å². The van der Waals surface area contributed by atoms with Gasteiger partial charge in [-0.15, -0.1) is 0 Å². The predicted molar refractivity (Wildman–Crippen MR) is 127 cm³/mol. The summed E-state index contributed by atoms with van der Waals surface area (Å²) in [7, 11) is 0. The Hall–Kier alpha value is -2.86. The van der Waals surface area contributed by atoms with Gasteiger partial charge in [-0.1, -0.05) is 23.7 Å². The maximum Gasteiger partial charge on any atom is 0.325 e. The van der Waals surface area contributed by atoms with Crippen LogP contribution < -0.4 is 0 Å². The van der Waals surface area contributed by atoms with E-state index in [1.54, 1.807) is 25.1 Å². The van der Waals surface area contributed by atoms with Gasteiger partial charge in [-0.2, -0.15) is 0 Å². The lowest BCUT2D eigenvalue weighted by molar-refractivity contribution is -0.143. The average Bonchev–Trinajstić information content (AvgIpc) is 3.08. The molecule has 0 saturated carbocycles. The van der Waals surface area contributed by atoms with Crippen molar-refractivity contribution >= 4 is 34.4 Å². The Kier molecular flexibility index (Phi) is 7.03. The molecule has 2 aromatic carbocycles. The molecule has 33 heavy (non-hydrogen) atoms. The molecule has 1 amide bonds. The molecule has 1 aliphatic rings. The van der Waals surface area contributed by atoms with Crippen molar-refractivity contribution in [2.75, 3.05) is 13.2 Å². The van der Waals surface area contributed by atoms with Gasteiger partial charge >= 0.3 is 5.97 Å². The summed E-state index contributed by atoms with van der Waals surface area (Å²) in [6.45, 7) is 4.78. The molecule has 0 unspecified atom stereocenters. The van der Waals surface area contributed by atoms with E-state index in [4.69, 9.17) is 16.3 Å². The predicted octanol–water partition coefficient (Wildman–Crippen LogP) is 4.95. The number of aromatic nitrogens is 1. The number of rotatable bonds is 7. The van der Waals surface area contributed by atoms with E-state index in [0.717, 1.165) is 34.1 Å². The van der Waals surface area contributed by atoms with Gasteiger partial charge in [-0.25, -0.2) is 4.39 Å². The number of nitrogens with zero attached hydrogens (tertiary/aromatic N) is 2. The third-order valence-electron chi connectivity index (χ3n) is 6.37. The Bertz CT molecular complexity index is 1170. The van der Waals surface area contributed by atoms with Gasteiger partial charge in [0.05, 0.1) is 13.0 Å². The molecule has 0 saturated heterocycles. The van der Waals surface area contributed by atoms with Crippen LogP contribution in [0.5, 0.6) is 0 Å². The quantitative estimate of drug-likeness (QED) is 0.459. The standard InChI is InChI=1S/C26H28ClFN2O3/c1-3-29(25(31)13-17-5-7-18(27)8-6-17)20-10-12-24-22(15-20)21-14-19(28)9-11-23(21)30(24)16-26(32)33-4-2/h5-9,11,14,20H,3-4,10,12-13,15-16H2,1-2H3/t20-/m0/s1. The zero-order valence-electron chi connectivity index (χ0n) is 18.9. The van der Waals surface area contributed by atoms with Gasteiger partial charge < -0.3 is 14.2 Å². The fourth-order valence-corrected chi connectivity index (χ4v) is 5.03. The van der Waals surface area contributed by atoms with Crippen molar-refractivity contribution < 1.29 is 18.7 Å². The lowest BCUT2D eigenvalue weighted by Crippen LogP contribution is -2.44. The highest BCUT2D eigenvalue weighted by Gasteiger charge is 2.31. The summed E-state index contributed by atoms with van der Waals surface area (Å²) in [6, 6.07) is 12.0. The van der Waals surface area contributed by atoms with Gasteiger partial charge in [0.25, 0.3) is 0 Å². The zero-order chi connectivity index (χ0) is 23.5. The van der Waals surface area contributed by atoms with Crippen LogP contribution in [0, 0.1) is 5.82 Å². The van der Waals surface area contributed by atoms with Gasteiger partial charge in [-0.05, 0) is 74.6 Å². The molecule has 1 aromatic heterocycles. The minimum atomic E-state index is -0.313. The summed E-state index contributed by atoms with van der Waals surface area (Å²) in [4.78, 5) is 27.3. The number of fused-ring (bicyclic) bond motifs is 3. The molecule has 7 heteroatoms. The molecular formula is C26H28ClFN2O3. The Morgan fingerprint density at radius 1 is 1.18 bits per heavy atom. The van der Waals surface area contributed by atoms with Crippen molar-refractivity contribution in [3.63, 3.8) is 0 Å². The molecule has 3 aromatic rings. The largest absolute Gasteiger partial charge is 0.465 e. The van der Waals surface area contributed by atoms with Crippen molar-refractivity contribution in [1.82, 2.24) is 9.47 Å². The first kappa shape index (κ1) is 23.3. The average molecular weight is 471 g/mol. The molecular weight excluding hydrogens is 443 g/mol. The summed E-state index contributed by atoms with van der Waals surface area (Å²) >= 11 is 5.96. The number of carbonyl (C=O) groups is 2. The maximum absolute atomic E-state index is 14.1. The number of likely N-dealkylation sites (N-methyl/N-ethyl adjacent to an activating group) is 1. The summed E-state index contributed by atoms with van der Waals surface area (Å²) in [5.41, 5.74) is 3.79. The van der Waals surface area contributed by atoms with Crippen molar-refractivity contribution in [2.24, 2.45) is 0 Å². The smallest absolute Gasteiger partial charge is 0.325 e. The first-order valence-electron chi connectivity index (χ1n) is 11.4. The van der Waals surface area contributed by atoms with Crippen LogP contribution in [0.15, 0.2) is 42.5 Å². The number of ether oxygens (including phenoxy) is 1. The van der Waals surface area contributed by atoms with Crippen LogP contribution in [-0.2, 0) is 40.1 Å². The van der Waals surface area contributed by atoms with Crippen LogP contribution in [0.2, 0.25) is 5.02 Å². The summed E-state index contributed by atoms with van der Waals surface area (Å²) < 4.78 is 21.2. The van der Waals surface area contributed by atoms with E-state index in [-0.39, 0.29) is 30.3 Å². The van der Waals surface area contributed by atoms with Crippen LogP contribution >= 0.6 is 11.6 Å². The van der Waals surface area contributed by atoms with Crippen LogP contribution in [0.25, 0.3) is 10.9 Å². The summed E-state index contributed by atoms with van der Waals surface area (Å²) in [5, 5.41) is 1.45. The molecule has 4 rings (SSSR count). The third-order valence-corrected chi connectivity index (χ3v) is 6.62. The Labute approximate surface area is 198 Å². The van der Waals surface area contributed by atoms with Crippen LogP contribution in [-0.4, -0.2) is 40.5 Å². The number of carbonyl (C=O) groups excluding carboxylic acids is 2. The van der Waals surface area contributed by atoms with Crippen molar-refractivity contribution in [1.29, 1.82) is 0 Å². The Balaban J connectivity index is 1.62. The number of hydrogen-bond acceptors (Lipinski definition) is 3. The molecule has 5 nitrogen and oxygen atoms in total. The molecule has 174 valence electrons. The first-order valence-corrected chi connectivity index (χ1v) is 11.8. The molecule has 1 heterocycles. The van der Waals surface area contributed by atoms with Crippen molar-refractivity contribution in [2.45, 2.75) is 52.1 Å². The maximum atomic E-state index is 14.1. The van der Waals surface area contributed by atoms with E-state index in [0.29, 0.717) is 37.4 Å². The lowest BCUT2D eigenvalue weighted by atomic mass is 9.90. The highest BCUT2D eigenvalue weighted by molar-refractivity contribution is 6.30. The molecule has 1 atom stereocenters. The van der Waals surface area contributed by atoms with Crippen LogP contribution in [0.1, 0.15) is 37.1 Å². The Morgan fingerprint density at radius 3 is 2.64 bits per heavy atom. The van der Waals surface area contributed by atoms with Crippen LogP contribution in [0.4, 0.5) is 4.39 Å². The van der Waals surface area contributed by atoms with Gasteiger partial charge in [0.15, 0.2) is 0 Å². The number of hydrogen-bond donors (Lipinski definition) is 0. The van der Waals surface area contributed by atoms with Crippen molar-refractivity contribution in [3.05, 3.63) is 70.1 Å². The second kappa shape index (κ2) is 9.96. The lowest BCUT2D eigenvalue weighted by Gasteiger charge is -2.34. The highest BCUT2D eigenvalue weighted by Crippen LogP contribution is 2.34. The van der Waals surface area contributed by atoms with Gasteiger partial charge in [0.1, 0.15) is 12.4 Å². The van der Waals surface area contributed by atoms with E-state index in [1.807, 2.05) is 28.5 Å². The molecule has 1 aliphatic carbocycles. The first-order chi connectivity index (χ1) is 15.9. The molecule has 0 aliphatic heterocycles. The zero-order valence-corrected chi connectivity index (χ0v) is 19.7. The van der Waals surface area contributed by atoms with E-state index in [9.17, 15) is 14.0 Å². The highest BCUT2D eigenvalue weighted by atomic mass is 35.5. The van der Waals surface area contributed by atoms with Gasteiger partial charge in [0, 0.05) is 34.2 Å². The third kappa shape index (κ3) is 4.91. The molecule has 0 radical (unpaired) electrons. The van der Waals surface area contributed by atoms with Gasteiger partial charge in [-0.3, -0.25) is 9.59 Å². The van der Waals surface area contributed by atoms with E-state index in [2.05, 4.69) is 0 Å². The number of benzene rings is 2. The second-order valence-electron chi connectivity index (χ2n) is 8.36. The van der Waals surface area contributed by atoms with E-state index in [1.165, 1.54) is 12.1 Å².